The van der Waals surface area contributed by atoms with Crippen LogP contribution in [-0.2, 0) is 16.0 Å². The lowest BCUT2D eigenvalue weighted by molar-refractivity contribution is -0.132. The number of amides is 2. The highest BCUT2D eigenvalue weighted by molar-refractivity contribution is 7.09. The molecular weight excluding hydrogens is 296 g/mol. The van der Waals surface area contributed by atoms with E-state index in [4.69, 9.17) is 0 Å². The van der Waals surface area contributed by atoms with Gasteiger partial charge in [-0.05, 0) is 36.4 Å². The summed E-state index contributed by atoms with van der Waals surface area (Å²) >= 11 is 1.68. The Labute approximate surface area is 133 Å². The molecule has 0 spiro atoms. The number of carbonyl (C=O) groups excluding carboxylic acids is 2. The van der Waals surface area contributed by atoms with E-state index >= 15 is 0 Å². The standard InChI is InChI=1S/C17H18N2O2S/c20-16(18-10-8-14-7-4-12-22-14)15-9-11-19(17(15)21)13-5-2-1-3-6-13/h1-7,12,15H,8-11H2,(H,18,20). The van der Waals surface area contributed by atoms with Gasteiger partial charge in [0, 0.05) is 23.7 Å². The van der Waals surface area contributed by atoms with E-state index in [1.165, 1.54) is 4.88 Å². The summed E-state index contributed by atoms with van der Waals surface area (Å²) in [5.74, 6) is -0.802. The molecule has 5 heteroatoms. The molecule has 114 valence electrons. The van der Waals surface area contributed by atoms with E-state index in [9.17, 15) is 9.59 Å². The smallest absolute Gasteiger partial charge is 0.239 e. The van der Waals surface area contributed by atoms with Gasteiger partial charge < -0.3 is 10.2 Å². The predicted molar refractivity (Wildman–Crippen MR) is 87.9 cm³/mol. The van der Waals surface area contributed by atoms with Crippen LogP contribution in [-0.4, -0.2) is 24.9 Å². The molecule has 1 atom stereocenters. The first kappa shape index (κ1) is 14.8. The number of benzene rings is 1. The van der Waals surface area contributed by atoms with Gasteiger partial charge in [-0.3, -0.25) is 9.59 Å². The number of thiophene rings is 1. The van der Waals surface area contributed by atoms with Gasteiger partial charge >= 0.3 is 0 Å². The molecule has 1 saturated heterocycles. The fraction of sp³-hybridized carbons (Fsp3) is 0.294. The Morgan fingerprint density at radius 1 is 1.23 bits per heavy atom. The van der Waals surface area contributed by atoms with Crippen LogP contribution < -0.4 is 10.2 Å². The first-order valence-electron chi connectivity index (χ1n) is 7.42. The number of para-hydroxylation sites is 1. The third-order valence-corrected chi connectivity index (χ3v) is 4.78. The number of hydrogen-bond acceptors (Lipinski definition) is 3. The molecule has 1 fully saturated rings. The van der Waals surface area contributed by atoms with Crippen LogP contribution in [0.1, 0.15) is 11.3 Å². The van der Waals surface area contributed by atoms with E-state index in [0.717, 1.165) is 12.1 Å². The summed E-state index contributed by atoms with van der Waals surface area (Å²) in [7, 11) is 0. The molecule has 2 amide bonds. The van der Waals surface area contributed by atoms with Gasteiger partial charge in [-0.2, -0.15) is 0 Å². The molecule has 0 bridgehead atoms. The first-order valence-corrected chi connectivity index (χ1v) is 8.30. The monoisotopic (exact) mass is 314 g/mol. The van der Waals surface area contributed by atoms with E-state index in [0.29, 0.717) is 19.5 Å². The Morgan fingerprint density at radius 3 is 2.77 bits per heavy atom. The molecule has 1 aliphatic rings. The Hall–Kier alpha value is -2.14. The van der Waals surface area contributed by atoms with Gasteiger partial charge in [0.1, 0.15) is 5.92 Å². The maximum atomic E-state index is 12.4. The zero-order chi connectivity index (χ0) is 15.4. The number of hydrogen-bond donors (Lipinski definition) is 1. The van der Waals surface area contributed by atoms with Crippen LogP contribution in [0.5, 0.6) is 0 Å². The minimum Gasteiger partial charge on any atom is -0.355 e. The minimum atomic E-state index is -0.552. The molecule has 1 N–H and O–H groups in total. The van der Waals surface area contributed by atoms with Crippen molar-refractivity contribution in [2.24, 2.45) is 5.92 Å². The van der Waals surface area contributed by atoms with Gasteiger partial charge in [0.2, 0.25) is 11.8 Å². The van der Waals surface area contributed by atoms with Gasteiger partial charge in [0.05, 0.1) is 0 Å². The SMILES string of the molecule is O=C(NCCc1cccs1)C1CCN(c2ccccc2)C1=O. The van der Waals surface area contributed by atoms with Crippen molar-refractivity contribution in [3.8, 4) is 0 Å². The Balaban J connectivity index is 1.54. The van der Waals surface area contributed by atoms with Gasteiger partial charge in [0.15, 0.2) is 0 Å². The molecule has 22 heavy (non-hydrogen) atoms. The second-order valence-corrected chi connectivity index (χ2v) is 6.32. The van der Waals surface area contributed by atoms with Crippen molar-refractivity contribution >= 4 is 28.8 Å². The lowest BCUT2D eigenvalue weighted by atomic mass is 10.1. The third-order valence-electron chi connectivity index (χ3n) is 3.84. The van der Waals surface area contributed by atoms with Crippen LogP contribution in [0.25, 0.3) is 0 Å². The number of nitrogens with zero attached hydrogens (tertiary/aromatic N) is 1. The predicted octanol–water partition coefficient (Wildman–Crippen LogP) is 2.46. The topological polar surface area (TPSA) is 49.4 Å². The van der Waals surface area contributed by atoms with Crippen LogP contribution in [0, 0.1) is 5.92 Å². The molecule has 0 radical (unpaired) electrons. The van der Waals surface area contributed by atoms with E-state index < -0.39 is 5.92 Å². The summed E-state index contributed by atoms with van der Waals surface area (Å²) in [6, 6.07) is 13.6. The number of anilines is 1. The largest absolute Gasteiger partial charge is 0.355 e. The highest BCUT2D eigenvalue weighted by Gasteiger charge is 2.37. The van der Waals surface area contributed by atoms with Crippen molar-refractivity contribution in [1.29, 1.82) is 0 Å². The lowest BCUT2D eigenvalue weighted by Gasteiger charge is -2.16. The molecule has 1 aliphatic heterocycles. The van der Waals surface area contributed by atoms with Crippen molar-refractivity contribution in [2.75, 3.05) is 18.0 Å². The summed E-state index contributed by atoms with van der Waals surface area (Å²) in [6.07, 6.45) is 1.39. The van der Waals surface area contributed by atoms with Crippen molar-refractivity contribution in [3.63, 3.8) is 0 Å². The number of nitrogens with one attached hydrogen (secondary N) is 1. The Morgan fingerprint density at radius 2 is 2.05 bits per heavy atom. The maximum Gasteiger partial charge on any atom is 0.239 e. The number of carbonyl (C=O) groups is 2. The Kier molecular flexibility index (Phi) is 4.53. The van der Waals surface area contributed by atoms with Crippen LogP contribution in [0.3, 0.4) is 0 Å². The summed E-state index contributed by atoms with van der Waals surface area (Å²) in [6.45, 7) is 1.18. The van der Waals surface area contributed by atoms with Crippen molar-refractivity contribution in [1.82, 2.24) is 5.32 Å². The zero-order valence-electron chi connectivity index (χ0n) is 12.2. The molecular formula is C17H18N2O2S. The average molecular weight is 314 g/mol. The van der Waals surface area contributed by atoms with Crippen LogP contribution >= 0.6 is 11.3 Å². The normalized spacial score (nSPS) is 17.7. The molecule has 3 rings (SSSR count). The first-order chi connectivity index (χ1) is 10.8. The highest BCUT2D eigenvalue weighted by Crippen LogP contribution is 2.25. The molecule has 1 aromatic heterocycles. The summed E-state index contributed by atoms with van der Waals surface area (Å²) in [5.41, 5.74) is 0.862. The van der Waals surface area contributed by atoms with E-state index in [2.05, 4.69) is 11.4 Å². The van der Waals surface area contributed by atoms with Gasteiger partial charge in [-0.15, -0.1) is 11.3 Å². The summed E-state index contributed by atoms with van der Waals surface area (Å²) in [4.78, 5) is 27.5. The van der Waals surface area contributed by atoms with Gasteiger partial charge in [0.25, 0.3) is 0 Å². The van der Waals surface area contributed by atoms with Crippen molar-refractivity contribution < 1.29 is 9.59 Å². The zero-order valence-corrected chi connectivity index (χ0v) is 13.0. The van der Waals surface area contributed by atoms with E-state index in [-0.39, 0.29) is 11.8 Å². The van der Waals surface area contributed by atoms with Gasteiger partial charge in [-0.25, -0.2) is 0 Å². The second kappa shape index (κ2) is 6.75. The number of rotatable bonds is 5. The van der Waals surface area contributed by atoms with Gasteiger partial charge in [-0.1, -0.05) is 24.3 Å². The Bertz CT molecular complexity index is 640. The summed E-state index contributed by atoms with van der Waals surface area (Å²) < 4.78 is 0. The molecule has 1 aromatic carbocycles. The average Bonchev–Trinajstić information content (AvgIpc) is 3.18. The summed E-state index contributed by atoms with van der Waals surface area (Å²) in [5, 5.41) is 4.91. The van der Waals surface area contributed by atoms with Crippen molar-refractivity contribution in [2.45, 2.75) is 12.8 Å². The molecule has 0 saturated carbocycles. The second-order valence-electron chi connectivity index (χ2n) is 5.29. The molecule has 0 aliphatic carbocycles. The highest BCUT2D eigenvalue weighted by atomic mass is 32.1. The van der Waals surface area contributed by atoms with E-state index in [1.54, 1.807) is 16.2 Å². The van der Waals surface area contributed by atoms with E-state index in [1.807, 2.05) is 41.8 Å². The van der Waals surface area contributed by atoms with Crippen LogP contribution in [0.4, 0.5) is 5.69 Å². The lowest BCUT2D eigenvalue weighted by Crippen LogP contribution is -2.37. The minimum absolute atomic E-state index is 0.0974. The molecule has 4 nitrogen and oxygen atoms in total. The van der Waals surface area contributed by atoms with Crippen LogP contribution in [0.15, 0.2) is 47.8 Å². The maximum absolute atomic E-state index is 12.4. The quantitative estimate of drug-likeness (QED) is 0.862. The fourth-order valence-corrected chi connectivity index (χ4v) is 3.38. The van der Waals surface area contributed by atoms with Crippen molar-refractivity contribution in [3.05, 3.63) is 52.7 Å². The molecule has 2 heterocycles. The molecule has 1 unspecified atom stereocenters. The third kappa shape index (κ3) is 3.20. The molecule has 2 aromatic rings. The van der Waals surface area contributed by atoms with Crippen LogP contribution in [0.2, 0.25) is 0 Å². The fourth-order valence-electron chi connectivity index (χ4n) is 2.67.